The monoisotopic (exact) mass is 194 g/mol. The summed E-state index contributed by atoms with van der Waals surface area (Å²) in [4.78, 5) is 0. The number of oxime groups is 2. The van der Waals surface area contributed by atoms with E-state index in [9.17, 15) is 0 Å². The van der Waals surface area contributed by atoms with Gasteiger partial charge in [-0.25, -0.2) is 0 Å². The number of halogens is 1. The molecule has 9 heavy (non-hydrogen) atoms. The van der Waals surface area contributed by atoms with Gasteiger partial charge in [0.2, 0.25) is 0 Å². The molecule has 5 heteroatoms. The summed E-state index contributed by atoms with van der Waals surface area (Å²) in [7, 11) is 0. The topological polar surface area (TPSA) is 65.2 Å². The van der Waals surface area contributed by atoms with E-state index in [1.54, 1.807) is 0 Å². The van der Waals surface area contributed by atoms with E-state index >= 15 is 0 Å². The van der Waals surface area contributed by atoms with E-state index in [-0.39, 0.29) is 0 Å². The van der Waals surface area contributed by atoms with Crippen LogP contribution in [0.15, 0.2) is 10.3 Å². The summed E-state index contributed by atoms with van der Waals surface area (Å²) in [6, 6.07) is 0. The molecule has 0 bridgehead atoms. The minimum atomic E-state index is 0.300. The third-order valence-corrected chi connectivity index (χ3v) is 1.35. The van der Waals surface area contributed by atoms with Crippen molar-refractivity contribution < 1.29 is 10.4 Å². The second-order valence-corrected chi connectivity index (χ2v) is 1.93. The van der Waals surface area contributed by atoms with Gasteiger partial charge in [-0.3, -0.25) is 0 Å². The molecule has 4 nitrogen and oxygen atoms in total. The van der Waals surface area contributed by atoms with Crippen molar-refractivity contribution >= 4 is 27.4 Å². The van der Waals surface area contributed by atoms with Crippen molar-refractivity contribution in [3.05, 3.63) is 0 Å². The minimum absolute atomic E-state index is 0.300. The number of alkyl halides is 1. The van der Waals surface area contributed by atoms with Crippen LogP contribution in [-0.4, -0.2) is 27.2 Å². The van der Waals surface area contributed by atoms with Crippen LogP contribution >= 0.6 is 15.9 Å². The molecule has 0 rings (SSSR count). The molecule has 0 radical (unpaired) electrons. The Morgan fingerprint density at radius 2 is 2.00 bits per heavy atom. The lowest BCUT2D eigenvalue weighted by Crippen LogP contribution is -2.11. The third-order valence-electron chi connectivity index (χ3n) is 0.815. The summed E-state index contributed by atoms with van der Waals surface area (Å²) < 4.78 is 0. The van der Waals surface area contributed by atoms with Crippen molar-refractivity contribution in [2.45, 2.75) is 6.92 Å². The van der Waals surface area contributed by atoms with Crippen LogP contribution in [0.4, 0.5) is 0 Å². The highest BCUT2D eigenvalue weighted by Gasteiger charge is 2.00. The Morgan fingerprint density at radius 3 is 2.11 bits per heavy atom. The largest absolute Gasteiger partial charge is 0.411 e. The van der Waals surface area contributed by atoms with Gasteiger partial charge < -0.3 is 10.4 Å². The van der Waals surface area contributed by atoms with Crippen molar-refractivity contribution in [1.29, 1.82) is 0 Å². The Morgan fingerprint density at radius 1 is 1.44 bits per heavy atom. The second kappa shape index (κ2) is 4.31. The first-order valence-corrected chi connectivity index (χ1v) is 3.34. The predicted molar refractivity (Wildman–Crippen MR) is 37.9 cm³/mol. The Hall–Kier alpha value is -0.580. The van der Waals surface area contributed by atoms with Crippen LogP contribution in [0.2, 0.25) is 0 Å². The van der Waals surface area contributed by atoms with Gasteiger partial charge in [-0.1, -0.05) is 26.2 Å². The summed E-state index contributed by atoms with van der Waals surface area (Å²) >= 11 is 3.03. The van der Waals surface area contributed by atoms with Crippen LogP contribution in [0.5, 0.6) is 0 Å². The summed E-state index contributed by atoms with van der Waals surface area (Å²) in [6.45, 7) is 1.54. The van der Waals surface area contributed by atoms with Gasteiger partial charge in [-0.05, 0) is 6.92 Å². The molecule has 0 aromatic rings. The Balaban J connectivity index is 4.14. The van der Waals surface area contributed by atoms with Crippen molar-refractivity contribution in [2.24, 2.45) is 10.3 Å². The molecule has 0 aromatic carbocycles. The fourth-order valence-corrected chi connectivity index (χ4v) is 0.771. The van der Waals surface area contributed by atoms with Crippen molar-refractivity contribution in [2.75, 3.05) is 5.33 Å². The highest BCUT2D eigenvalue weighted by atomic mass is 79.9. The van der Waals surface area contributed by atoms with E-state index < -0.39 is 0 Å². The van der Waals surface area contributed by atoms with Gasteiger partial charge >= 0.3 is 0 Å². The molecule has 52 valence electrons. The molecular weight excluding hydrogens is 188 g/mol. The first-order chi connectivity index (χ1) is 4.26. The average Bonchev–Trinajstić information content (AvgIpc) is 1.90. The smallest absolute Gasteiger partial charge is 0.115 e. The third kappa shape index (κ3) is 2.46. The van der Waals surface area contributed by atoms with Crippen molar-refractivity contribution in [1.82, 2.24) is 0 Å². The summed E-state index contributed by atoms with van der Waals surface area (Å²) in [6.07, 6.45) is 0. The predicted octanol–water partition coefficient (Wildman–Crippen LogP) is 1.06. The van der Waals surface area contributed by atoms with E-state index in [0.29, 0.717) is 16.8 Å². The molecule has 0 saturated carbocycles. The number of nitrogens with zero attached hydrogens (tertiary/aromatic N) is 2. The lowest BCUT2D eigenvalue weighted by Gasteiger charge is -1.93. The van der Waals surface area contributed by atoms with Crippen LogP contribution in [0.25, 0.3) is 0 Å². The molecule has 0 amide bonds. The molecule has 0 aromatic heterocycles. The van der Waals surface area contributed by atoms with E-state index in [1.165, 1.54) is 6.92 Å². The standard InChI is InChI=1S/C4H7BrN2O2/c1-3(6-8)4(2-5)7-9/h8-9H,2H2,1H3. The van der Waals surface area contributed by atoms with Crippen LogP contribution in [0, 0.1) is 0 Å². The molecular formula is C4H7BrN2O2. The van der Waals surface area contributed by atoms with Crippen LogP contribution in [0.1, 0.15) is 6.92 Å². The van der Waals surface area contributed by atoms with E-state index in [1.807, 2.05) is 0 Å². The van der Waals surface area contributed by atoms with Gasteiger partial charge in [0.15, 0.2) is 0 Å². The van der Waals surface area contributed by atoms with Gasteiger partial charge in [0, 0.05) is 0 Å². The maximum absolute atomic E-state index is 8.19. The molecule has 0 saturated heterocycles. The molecule has 0 aliphatic carbocycles. The maximum atomic E-state index is 8.19. The van der Waals surface area contributed by atoms with Gasteiger partial charge in [0.1, 0.15) is 11.4 Å². The minimum Gasteiger partial charge on any atom is -0.411 e. The molecule has 0 unspecified atom stereocenters. The Bertz CT molecular complexity index is 144. The first-order valence-electron chi connectivity index (χ1n) is 2.22. The Labute approximate surface area is 61.0 Å². The fraction of sp³-hybridized carbons (Fsp3) is 0.500. The zero-order valence-electron chi connectivity index (χ0n) is 4.87. The maximum Gasteiger partial charge on any atom is 0.115 e. The highest BCUT2D eigenvalue weighted by Crippen LogP contribution is 1.88. The second-order valence-electron chi connectivity index (χ2n) is 1.37. The first kappa shape index (κ1) is 8.42. The molecule has 0 spiro atoms. The number of hydrogen-bond donors (Lipinski definition) is 2. The van der Waals surface area contributed by atoms with Gasteiger partial charge in [-0.2, -0.15) is 0 Å². The van der Waals surface area contributed by atoms with Crippen LogP contribution < -0.4 is 0 Å². The quantitative estimate of drug-likeness (QED) is 0.299. The van der Waals surface area contributed by atoms with E-state index in [4.69, 9.17) is 10.4 Å². The van der Waals surface area contributed by atoms with Gasteiger partial charge in [-0.15, -0.1) is 0 Å². The fourth-order valence-electron chi connectivity index (χ4n) is 0.253. The summed E-state index contributed by atoms with van der Waals surface area (Å²) in [5, 5.41) is 22.4. The van der Waals surface area contributed by atoms with E-state index in [2.05, 4.69) is 26.2 Å². The molecule has 0 aliphatic rings. The molecule has 2 N–H and O–H groups in total. The lowest BCUT2D eigenvalue weighted by molar-refractivity contribution is 0.314. The number of hydrogen-bond acceptors (Lipinski definition) is 4. The zero-order valence-corrected chi connectivity index (χ0v) is 6.46. The normalized spacial score (nSPS) is 14.0. The summed E-state index contributed by atoms with van der Waals surface area (Å²) in [5.74, 6) is 0. The van der Waals surface area contributed by atoms with Crippen LogP contribution in [0.3, 0.4) is 0 Å². The summed E-state index contributed by atoms with van der Waals surface area (Å²) in [5.41, 5.74) is 0.617. The molecule has 0 fully saturated rings. The zero-order chi connectivity index (χ0) is 7.28. The average molecular weight is 195 g/mol. The lowest BCUT2D eigenvalue weighted by atomic mass is 10.3. The molecule has 0 heterocycles. The van der Waals surface area contributed by atoms with Crippen molar-refractivity contribution in [3.63, 3.8) is 0 Å². The Kier molecular flexibility index (Phi) is 4.04. The highest BCUT2D eigenvalue weighted by molar-refractivity contribution is 9.09. The molecule has 0 aliphatic heterocycles. The van der Waals surface area contributed by atoms with Gasteiger partial charge in [0.25, 0.3) is 0 Å². The van der Waals surface area contributed by atoms with Gasteiger partial charge in [0.05, 0.1) is 5.33 Å². The SMILES string of the molecule is CC(=NO)C(CBr)=NO. The van der Waals surface area contributed by atoms with E-state index in [0.717, 1.165) is 0 Å². The van der Waals surface area contributed by atoms with Crippen molar-refractivity contribution in [3.8, 4) is 0 Å². The number of rotatable bonds is 2. The van der Waals surface area contributed by atoms with Crippen LogP contribution in [-0.2, 0) is 0 Å². The molecule has 0 atom stereocenters.